The number of aromatic amines is 1. The molecule has 3 rings (SSSR count). The molecule has 94 valence electrons. The Hall–Kier alpha value is -2.49. The molecule has 0 aliphatic rings. The predicted molar refractivity (Wildman–Crippen MR) is 70.7 cm³/mol. The molecule has 0 saturated carbocycles. The van der Waals surface area contributed by atoms with Gasteiger partial charge in [0.05, 0.1) is 0 Å². The Morgan fingerprint density at radius 2 is 2.16 bits per heavy atom. The number of aromatic nitrogens is 2. The number of H-pyrrole nitrogens is 1. The average molecular weight is 254 g/mol. The van der Waals surface area contributed by atoms with Gasteiger partial charge >= 0.3 is 0 Å². The highest BCUT2D eigenvalue weighted by atomic mass is 19.1. The molecule has 0 spiro atoms. The second-order valence-electron chi connectivity index (χ2n) is 4.42. The van der Waals surface area contributed by atoms with Crippen molar-refractivity contribution in [3.05, 3.63) is 65.4 Å². The first-order chi connectivity index (χ1) is 9.16. The number of rotatable bonds is 2. The molecule has 0 unspecified atom stereocenters. The second-order valence-corrected chi connectivity index (χ2v) is 4.42. The summed E-state index contributed by atoms with van der Waals surface area (Å²) >= 11 is 0. The lowest BCUT2D eigenvalue weighted by Crippen LogP contribution is -2.01. The normalized spacial score (nSPS) is 10.8. The fraction of sp³-hybridized carbons (Fsp3) is 0.0667. The number of halogens is 1. The van der Waals surface area contributed by atoms with Gasteiger partial charge in [0.15, 0.2) is 5.78 Å². The van der Waals surface area contributed by atoms with E-state index in [4.69, 9.17) is 0 Å². The van der Waals surface area contributed by atoms with Crippen LogP contribution >= 0.6 is 0 Å². The average Bonchev–Trinajstić information content (AvgIpc) is 2.85. The van der Waals surface area contributed by atoms with Gasteiger partial charge in [0.2, 0.25) is 0 Å². The van der Waals surface area contributed by atoms with E-state index in [0.717, 1.165) is 10.9 Å². The predicted octanol–water partition coefficient (Wildman–Crippen LogP) is 3.24. The number of carbonyl (C=O) groups excluding carboxylic acids is 1. The molecule has 0 atom stereocenters. The third kappa shape index (κ3) is 1.91. The topological polar surface area (TPSA) is 45.8 Å². The van der Waals surface area contributed by atoms with Crippen molar-refractivity contribution >= 4 is 16.7 Å². The first-order valence-electron chi connectivity index (χ1n) is 5.89. The van der Waals surface area contributed by atoms with Gasteiger partial charge < -0.3 is 4.98 Å². The van der Waals surface area contributed by atoms with Crippen LogP contribution in [0.5, 0.6) is 0 Å². The quantitative estimate of drug-likeness (QED) is 0.713. The first-order valence-corrected chi connectivity index (χ1v) is 5.89. The van der Waals surface area contributed by atoms with Crippen molar-refractivity contribution in [3.8, 4) is 0 Å². The van der Waals surface area contributed by atoms with Crippen molar-refractivity contribution in [2.45, 2.75) is 6.92 Å². The minimum atomic E-state index is -0.308. The number of carbonyl (C=O) groups is 1. The lowest BCUT2D eigenvalue weighted by atomic mass is 10.0. The zero-order valence-corrected chi connectivity index (χ0v) is 10.3. The maximum absolute atomic E-state index is 13.2. The zero-order chi connectivity index (χ0) is 13.4. The summed E-state index contributed by atoms with van der Waals surface area (Å²) in [5.41, 5.74) is 2.35. The molecule has 0 saturated heterocycles. The monoisotopic (exact) mass is 254 g/mol. The molecule has 3 nitrogen and oxygen atoms in total. The van der Waals surface area contributed by atoms with Gasteiger partial charge in [0.25, 0.3) is 0 Å². The fourth-order valence-electron chi connectivity index (χ4n) is 2.09. The Bertz CT molecular complexity index is 777. The molecule has 2 heterocycles. The molecule has 3 aromatic rings. The lowest BCUT2D eigenvalue weighted by Gasteiger charge is -2.02. The highest BCUT2D eigenvalue weighted by molar-refractivity contribution is 6.16. The van der Waals surface area contributed by atoms with E-state index in [-0.39, 0.29) is 11.6 Å². The SMILES string of the molecule is Cc1cc(C(=O)c2c[nH]c3ccncc23)ccc1F. The number of ketones is 1. The molecule has 1 N–H and O–H groups in total. The van der Waals surface area contributed by atoms with Gasteiger partial charge in [-0.1, -0.05) is 0 Å². The van der Waals surface area contributed by atoms with Gasteiger partial charge in [-0.25, -0.2) is 4.39 Å². The molecule has 0 aliphatic heterocycles. The van der Waals surface area contributed by atoms with E-state index in [9.17, 15) is 9.18 Å². The van der Waals surface area contributed by atoms with Gasteiger partial charge in [-0.3, -0.25) is 9.78 Å². The van der Waals surface area contributed by atoms with E-state index in [2.05, 4.69) is 9.97 Å². The number of nitrogens with zero attached hydrogens (tertiary/aromatic N) is 1. The van der Waals surface area contributed by atoms with E-state index in [1.165, 1.54) is 12.1 Å². The van der Waals surface area contributed by atoms with Gasteiger partial charge in [-0.05, 0) is 36.8 Å². The van der Waals surface area contributed by atoms with Gasteiger partial charge in [0, 0.05) is 40.6 Å². The van der Waals surface area contributed by atoms with E-state index >= 15 is 0 Å². The molecule has 2 aromatic heterocycles. The highest BCUT2D eigenvalue weighted by Crippen LogP contribution is 2.21. The Balaban J connectivity index is 2.11. The maximum atomic E-state index is 13.2. The Kier molecular flexibility index (Phi) is 2.63. The Morgan fingerprint density at radius 1 is 1.32 bits per heavy atom. The van der Waals surface area contributed by atoms with Crippen LogP contribution in [0.1, 0.15) is 21.5 Å². The van der Waals surface area contributed by atoms with Crippen LogP contribution in [0.3, 0.4) is 0 Å². The van der Waals surface area contributed by atoms with Crippen molar-refractivity contribution < 1.29 is 9.18 Å². The van der Waals surface area contributed by atoms with E-state index in [0.29, 0.717) is 16.7 Å². The molecule has 0 radical (unpaired) electrons. The summed E-state index contributed by atoms with van der Waals surface area (Å²) in [5.74, 6) is -0.445. The molecule has 19 heavy (non-hydrogen) atoms. The Morgan fingerprint density at radius 3 is 2.95 bits per heavy atom. The summed E-state index contributed by atoms with van der Waals surface area (Å²) in [5, 5.41) is 0.773. The number of pyridine rings is 1. The summed E-state index contributed by atoms with van der Waals surface area (Å²) in [7, 11) is 0. The van der Waals surface area contributed by atoms with Crippen LogP contribution in [0.15, 0.2) is 42.9 Å². The van der Waals surface area contributed by atoms with Crippen LogP contribution in [0, 0.1) is 12.7 Å². The third-order valence-electron chi connectivity index (χ3n) is 3.15. The van der Waals surface area contributed by atoms with Crippen molar-refractivity contribution in [1.82, 2.24) is 9.97 Å². The number of hydrogen-bond acceptors (Lipinski definition) is 2. The lowest BCUT2D eigenvalue weighted by molar-refractivity contribution is 0.104. The highest BCUT2D eigenvalue weighted by Gasteiger charge is 2.15. The molecule has 4 heteroatoms. The second kappa shape index (κ2) is 4.31. The number of hydrogen-bond donors (Lipinski definition) is 1. The minimum Gasteiger partial charge on any atom is -0.360 e. The summed E-state index contributed by atoms with van der Waals surface area (Å²) in [6.07, 6.45) is 4.97. The van der Waals surface area contributed by atoms with Gasteiger partial charge in [-0.15, -0.1) is 0 Å². The first kappa shape index (κ1) is 11.6. The number of aryl methyl sites for hydroxylation is 1. The molecule has 0 aliphatic carbocycles. The molecule has 0 amide bonds. The van der Waals surface area contributed by atoms with Crippen molar-refractivity contribution in [3.63, 3.8) is 0 Å². The van der Waals surface area contributed by atoms with Crippen LogP contribution in [-0.4, -0.2) is 15.8 Å². The molecule has 0 bridgehead atoms. The standard InChI is InChI=1S/C15H11FN2O/c1-9-6-10(2-3-13(9)16)15(19)12-8-18-14-4-5-17-7-11(12)14/h2-8,18H,1H3. The van der Waals surface area contributed by atoms with E-state index < -0.39 is 0 Å². The zero-order valence-electron chi connectivity index (χ0n) is 10.3. The summed E-state index contributed by atoms with van der Waals surface area (Å²) in [6, 6.07) is 6.18. The largest absolute Gasteiger partial charge is 0.360 e. The number of fused-ring (bicyclic) bond motifs is 1. The smallest absolute Gasteiger partial charge is 0.195 e. The molecular weight excluding hydrogens is 243 g/mol. The maximum Gasteiger partial charge on any atom is 0.195 e. The molecule has 0 fully saturated rings. The van der Waals surface area contributed by atoms with Crippen LogP contribution in [0.25, 0.3) is 10.9 Å². The van der Waals surface area contributed by atoms with Crippen LogP contribution in [0.4, 0.5) is 4.39 Å². The summed E-state index contributed by atoms with van der Waals surface area (Å²) in [6.45, 7) is 1.64. The molecule has 1 aromatic carbocycles. The van der Waals surface area contributed by atoms with Crippen LogP contribution < -0.4 is 0 Å². The fourth-order valence-corrected chi connectivity index (χ4v) is 2.09. The van der Waals surface area contributed by atoms with E-state index in [1.807, 2.05) is 6.07 Å². The van der Waals surface area contributed by atoms with Gasteiger partial charge in [0.1, 0.15) is 5.82 Å². The van der Waals surface area contributed by atoms with Crippen LogP contribution in [-0.2, 0) is 0 Å². The summed E-state index contributed by atoms with van der Waals surface area (Å²) < 4.78 is 13.2. The third-order valence-corrected chi connectivity index (χ3v) is 3.15. The van der Waals surface area contributed by atoms with E-state index in [1.54, 1.807) is 31.6 Å². The Labute approximate surface area is 109 Å². The summed E-state index contributed by atoms with van der Waals surface area (Å²) in [4.78, 5) is 19.5. The van der Waals surface area contributed by atoms with Crippen molar-refractivity contribution in [1.29, 1.82) is 0 Å². The van der Waals surface area contributed by atoms with Crippen molar-refractivity contribution in [2.24, 2.45) is 0 Å². The number of benzene rings is 1. The minimum absolute atomic E-state index is 0.137. The number of nitrogens with one attached hydrogen (secondary N) is 1. The van der Waals surface area contributed by atoms with Crippen molar-refractivity contribution in [2.75, 3.05) is 0 Å². The molecular formula is C15H11FN2O. The van der Waals surface area contributed by atoms with Gasteiger partial charge in [-0.2, -0.15) is 0 Å². The van der Waals surface area contributed by atoms with Crippen LogP contribution in [0.2, 0.25) is 0 Å².